The largest absolute Gasteiger partial charge is 0.392 e. The second-order valence-corrected chi connectivity index (χ2v) is 2.35. The number of rotatable bonds is 4. The Kier molecular flexibility index (Phi) is 1.93. The molecule has 0 aliphatic rings. The van der Waals surface area contributed by atoms with Crippen LogP contribution in [0.4, 0.5) is 0 Å². The summed E-state index contributed by atoms with van der Waals surface area (Å²) in [7, 11) is 0. The van der Waals surface area contributed by atoms with Crippen molar-refractivity contribution in [1.29, 1.82) is 0 Å². The molecule has 0 aliphatic carbocycles. The van der Waals surface area contributed by atoms with E-state index in [1.165, 1.54) is 6.08 Å². The molecule has 0 rings (SSSR count). The fourth-order valence-corrected chi connectivity index (χ4v) is 0.481. The van der Waals surface area contributed by atoms with Crippen LogP contribution in [-0.2, 0) is 0 Å². The number of hydrogen-bond donors (Lipinski definition) is 1. The van der Waals surface area contributed by atoms with E-state index in [1.807, 2.05) is 0 Å². The molecule has 0 amide bonds. The maximum atomic E-state index is 9.02. The fourth-order valence-electron chi connectivity index (χ4n) is 0.481. The van der Waals surface area contributed by atoms with Gasteiger partial charge in [-0.1, -0.05) is 23.3 Å². The molecule has 0 saturated heterocycles. The Hall–Kier alpha value is -0.560. The Morgan fingerprint density at radius 1 is 1.55 bits per heavy atom. The molecule has 11 heavy (non-hydrogen) atoms. The molecule has 0 spiro atoms. The van der Waals surface area contributed by atoms with E-state index in [0.29, 0.717) is 6.08 Å². The third-order valence-electron chi connectivity index (χ3n) is 1.01. The van der Waals surface area contributed by atoms with E-state index in [4.69, 9.17) is 14.7 Å². The van der Waals surface area contributed by atoms with E-state index in [-0.39, 0.29) is 6.42 Å². The Bertz CT molecular complexity index is 342. The summed E-state index contributed by atoms with van der Waals surface area (Å²) in [5, 5.41) is 9.02. The predicted molar refractivity (Wildman–Crippen MR) is 49.5 cm³/mol. The monoisotopic (exact) mass is 161 g/mol. The SMILES string of the molecule is [2H]C([2H])(O)/C=C(\C([2H])([2H])[2H])C([2H])([2H])CC=C(C)C. The van der Waals surface area contributed by atoms with Gasteiger partial charge in [-0.15, -0.1) is 0 Å². The van der Waals surface area contributed by atoms with Gasteiger partial charge < -0.3 is 5.11 Å². The molecule has 0 aliphatic heterocycles. The minimum Gasteiger partial charge on any atom is -0.392 e. The van der Waals surface area contributed by atoms with Crippen LogP contribution in [0.2, 0.25) is 0 Å². The van der Waals surface area contributed by atoms with Crippen molar-refractivity contribution in [3.63, 3.8) is 0 Å². The van der Waals surface area contributed by atoms with Crippen molar-refractivity contribution < 1.29 is 14.7 Å². The van der Waals surface area contributed by atoms with Crippen LogP contribution in [0, 0.1) is 0 Å². The van der Waals surface area contributed by atoms with E-state index >= 15 is 0 Å². The highest BCUT2D eigenvalue weighted by atomic mass is 16.2. The van der Waals surface area contributed by atoms with Gasteiger partial charge in [-0.3, -0.25) is 0 Å². The lowest BCUT2D eigenvalue weighted by molar-refractivity contribution is 0.341. The zero-order valence-electron chi connectivity index (χ0n) is 13.8. The fraction of sp³-hybridized carbons (Fsp3) is 0.600. The molecule has 64 valence electrons. The number of allylic oxidation sites excluding steroid dienone is 3. The molecule has 0 bridgehead atoms. The van der Waals surface area contributed by atoms with Crippen LogP contribution >= 0.6 is 0 Å². The van der Waals surface area contributed by atoms with Gasteiger partial charge in [-0.25, -0.2) is 0 Å². The van der Waals surface area contributed by atoms with Gasteiger partial charge in [0.05, 0.1) is 9.30 Å². The van der Waals surface area contributed by atoms with E-state index in [9.17, 15) is 0 Å². The number of hydrogen-bond acceptors (Lipinski definition) is 1. The van der Waals surface area contributed by atoms with Crippen LogP contribution in [0.25, 0.3) is 0 Å². The van der Waals surface area contributed by atoms with Crippen molar-refractivity contribution in [2.45, 2.75) is 33.5 Å². The Balaban J connectivity index is 5.47. The van der Waals surface area contributed by atoms with E-state index in [2.05, 4.69) is 0 Å². The lowest BCUT2D eigenvalue weighted by Gasteiger charge is -1.96. The van der Waals surface area contributed by atoms with Gasteiger partial charge in [-0.2, -0.15) is 0 Å². The van der Waals surface area contributed by atoms with E-state index in [1.54, 1.807) is 13.8 Å². The first-order chi connectivity index (χ1) is 7.76. The lowest BCUT2D eigenvalue weighted by atomic mass is 10.1. The molecular weight excluding hydrogens is 136 g/mol. The Morgan fingerprint density at radius 2 is 2.27 bits per heavy atom. The van der Waals surface area contributed by atoms with Gasteiger partial charge >= 0.3 is 0 Å². The predicted octanol–water partition coefficient (Wildman–Crippen LogP) is 2.67. The van der Waals surface area contributed by atoms with E-state index in [0.717, 1.165) is 5.57 Å². The molecule has 0 saturated carbocycles. The third kappa shape index (κ3) is 7.34. The first-order valence-corrected chi connectivity index (χ1v) is 3.35. The van der Waals surface area contributed by atoms with Crippen molar-refractivity contribution in [3.05, 3.63) is 23.3 Å². The zero-order valence-corrected chi connectivity index (χ0v) is 6.81. The first kappa shape index (κ1) is 3.44. The van der Waals surface area contributed by atoms with Crippen LogP contribution in [-0.4, -0.2) is 11.7 Å². The third-order valence-corrected chi connectivity index (χ3v) is 1.01. The summed E-state index contributed by atoms with van der Waals surface area (Å²) in [4.78, 5) is 0. The normalized spacial score (nSPS) is 24.6. The van der Waals surface area contributed by atoms with Crippen LogP contribution < -0.4 is 0 Å². The molecular formula is C10H18O. The van der Waals surface area contributed by atoms with Gasteiger partial charge in [-0.05, 0) is 33.5 Å². The van der Waals surface area contributed by atoms with Crippen molar-refractivity contribution in [2.24, 2.45) is 0 Å². The van der Waals surface area contributed by atoms with Gasteiger partial charge in [0, 0.05) is 6.85 Å². The molecule has 1 nitrogen and oxygen atoms in total. The second kappa shape index (κ2) is 6.17. The van der Waals surface area contributed by atoms with Crippen LogP contribution in [0.5, 0.6) is 0 Å². The molecule has 1 N–H and O–H groups in total. The maximum absolute atomic E-state index is 9.02. The Labute approximate surface area is 79.3 Å². The summed E-state index contributed by atoms with van der Waals surface area (Å²) in [6.07, 6.45) is -0.459. The molecule has 0 unspecified atom stereocenters. The van der Waals surface area contributed by atoms with Crippen LogP contribution in [0.1, 0.15) is 43.1 Å². The van der Waals surface area contributed by atoms with Crippen LogP contribution in [0.3, 0.4) is 0 Å². The van der Waals surface area contributed by atoms with Crippen molar-refractivity contribution in [2.75, 3.05) is 6.56 Å². The summed E-state index contributed by atoms with van der Waals surface area (Å²) in [5.41, 5.74) is 0.107. The highest BCUT2D eigenvalue weighted by Crippen LogP contribution is 2.05. The summed E-state index contributed by atoms with van der Waals surface area (Å²) < 4.78 is 51.1. The molecule has 0 radical (unpaired) electrons. The van der Waals surface area contributed by atoms with Crippen LogP contribution in [0.15, 0.2) is 23.3 Å². The summed E-state index contributed by atoms with van der Waals surface area (Å²) >= 11 is 0. The van der Waals surface area contributed by atoms with Crippen molar-refractivity contribution in [3.8, 4) is 0 Å². The number of aliphatic hydroxyl groups is 1. The van der Waals surface area contributed by atoms with Gasteiger partial charge in [0.15, 0.2) is 0 Å². The average Bonchev–Trinajstić information content (AvgIpc) is 2.08. The quantitative estimate of drug-likeness (QED) is 0.628. The molecule has 0 fully saturated rings. The van der Waals surface area contributed by atoms with Crippen molar-refractivity contribution >= 4 is 0 Å². The van der Waals surface area contributed by atoms with Gasteiger partial charge in [0.2, 0.25) is 0 Å². The average molecular weight is 161 g/mol. The minimum absolute atomic E-state index is 0.185. The minimum atomic E-state index is -2.86. The standard InChI is InChI=1S/C10H18O/c1-9(2)5-4-6-10(3)7-8-11/h5,7,11H,4,6,8H2,1-3H3/b10-7+/i3D3,6D2,8D2. The summed E-state index contributed by atoms with van der Waals surface area (Å²) in [6, 6.07) is 0. The summed E-state index contributed by atoms with van der Waals surface area (Å²) in [5.74, 6) is 0. The second-order valence-electron chi connectivity index (χ2n) is 2.35. The molecule has 0 aromatic heterocycles. The summed E-state index contributed by atoms with van der Waals surface area (Å²) in [6.45, 7) is -2.16. The highest BCUT2D eigenvalue weighted by molar-refractivity contribution is 5.01. The molecule has 0 aromatic rings. The maximum Gasteiger partial charge on any atom is 0.0614 e. The highest BCUT2D eigenvalue weighted by Gasteiger charge is 1.86. The Morgan fingerprint density at radius 3 is 2.73 bits per heavy atom. The van der Waals surface area contributed by atoms with Crippen molar-refractivity contribution in [1.82, 2.24) is 0 Å². The zero-order chi connectivity index (χ0) is 14.8. The first-order valence-electron chi connectivity index (χ1n) is 6.85. The molecule has 0 heterocycles. The molecule has 1 heteroatoms. The smallest absolute Gasteiger partial charge is 0.0614 e. The molecule has 0 atom stereocenters. The van der Waals surface area contributed by atoms with Gasteiger partial charge in [0.1, 0.15) is 0 Å². The lowest BCUT2D eigenvalue weighted by Crippen LogP contribution is -1.80. The van der Waals surface area contributed by atoms with E-state index < -0.39 is 25.4 Å². The molecule has 0 aromatic carbocycles. The topological polar surface area (TPSA) is 20.2 Å². The van der Waals surface area contributed by atoms with Gasteiger partial charge in [0.25, 0.3) is 0 Å².